The van der Waals surface area contributed by atoms with Gasteiger partial charge in [0, 0.05) is 23.2 Å². The molecule has 0 aliphatic carbocycles. The highest BCUT2D eigenvalue weighted by atomic mass is 19.1. The summed E-state index contributed by atoms with van der Waals surface area (Å²) < 4.78 is 32.0. The summed E-state index contributed by atoms with van der Waals surface area (Å²) >= 11 is 0. The number of halogens is 2. The molecule has 35 heavy (non-hydrogen) atoms. The van der Waals surface area contributed by atoms with E-state index in [4.69, 9.17) is 10.00 Å². The maximum atomic E-state index is 13.4. The molecule has 4 rings (SSSR count). The fourth-order valence-corrected chi connectivity index (χ4v) is 3.58. The van der Waals surface area contributed by atoms with Crippen molar-refractivity contribution in [3.05, 3.63) is 96.1 Å². The van der Waals surface area contributed by atoms with Gasteiger partial charge >= 0.3 is 5.97 Å². The molecule has 4 aromatic rings. The second-order valence-electron chi connectivity index (χ2n) is 7.59. The number of rotatable bonds is 7. The summed E-state index contributed by atoms with van der Waals surface area (Å²) in [5.74, 6) is -2.15. The van der Waals surface area contributed by atoms with Crippen molar-refractivity contribution in [2.45, 2.75) is 6.42 Å². The van der Waals surface area contributed by atoms with Crippen molar-refractivity contribution in [3.63, 3.8) is 0 Å². The molecule has 0 saturated carbocycles. The van der Waals surface area contributed by atoms with E-state index in [2.05, 4.69) is 4.98 Å². The zero-order valence-electron chi connectivity index (χ0n) is 18.4. The number of fused-ring (bicyclic) bond motifs is 1. The number of carbonyl (C=O) groups is 2. The summed E-state index contributed by atoms with van der Waals surface area (Å²) in [6.45, 7) is -0.518. The first-order valence-electron chi connectivity index (χ1n) is 10.7. The van der Waals surface area contributed by atoms with E-state index in [9.17, 15) is 18.4 Å². The van der Waals surface area contributed by atoms with E-state index in [0.29, 0.717) is 27.8 Å². The van der Waals surface area contributed by atoms with Crippen LogP contribution in [0.1, 0.15) is 16.8 Å². The maximum absolute atomic E-state index is 13.4. The van der Waals surface area contributed by atoms with Gasteiger partial charge in [-0.3, -0.25) is 4.79 Å². The van der Waals surface area contributed by atoms with E-state index in [1.54, 1.807) is 36.4 Å². The lowest BCUT2D eigenvalue weighted by Gasteiger charge is -2.21. The van der Waals surface area contributed by atoms with Crippen molar-refractivity contribution < 1.29 is 23.1 Å². The lowest BCUT2D eigenvalue weighted by Crippen LogP contribution is -2.35. The molecule has 0 N–H and O–H groups in total. The van der Waals surface area contributed by atoms with Gasteiger partial charge in [-0.25, -0.2) is 18.6 Å². The van der Waals surface area contributed by atoms with Gasteiger partial charge in [0.25, 0.3) is 5.91 Å². The second kappa shape index (κ2) is 10.5. The number of esters is 1. The van der Waals surface area contributed by atoms with Gasteiger partial charge in [-0.15, -0.1) is 0 Å². The van der Waals surface area contributed by atoms with Crippen LogP contribution in [0.2, 0.25) is 0 Å². The molecule has 1 amide bonds. The number of benzene rings is 3. The van der Waals surface area contributed by atoms with Gasteiger partial charge in [-0.1, -0.05) is 18.2 Å². The summed E-state index contributed by atoms with van der Waals surface area (Å²) in [5, 5.41) is 9.47. The van der Waals surface area contributed by atoms with Crippen molar-refractivity contribution >= 4 is 28.5 Å². The molecule has 174 valence electrons. The predicted molar refractivity (Wildman–Crippen MR) is 126 cm³/mol. The number of amides is 1. The number of nitrogens with zero attached hydrogens (tertiary/aromatic N) is 3. The molecule has 0 radical (unpaired) electrons. The van der Waals surface area contributed by atoms with Crippen molar-refractivity contribution in [2.24, 2.45) is 0 Å². The smallest absolute Gasteiger partial charge is 0.339 e. The summed E-state index contributed by atoms with van der Waals surface area (Å²) in [4.78, 5) is 31.7. The van der Waals surface area contributed by atoms with Gasteiger partial charge in [-0.2, -0.15) is 5.26 Å². The van der Waals surface area contributed by atoms with Crippen molar-refractivity contribution in [1.29, 1.82) is 5.26 Å². The monoisotopic (exact) mass is 471 g/mol. The molecule has 0 fully saturated rings. The Morgan fingerprint density at radius 3 is 2.29 bits per heavy atom. The van der Waals surface area contributed by atoms with Gasteiger partial charge < -0.3 is 9.64 Å². The van der Waals surface area contributed by atoms with Crippen LogP contribution >= 0.6 is 0 Å². The highest BCUT2D eigenvalue weighted by Gasteiger charge is 2.20. The minimum Gasteiger partial charge on any atom is -0.452 e. The third kappa shape index (κ3) is 5.47. The lowest BCUT2D eigenvalue weighted by molar-refractivity contribution is -0.121. The first-order valence-corrected chi connectivity index (χ1v) is 10.7. The predicted octanol–water partition coefficient (Wildman–Crippen LogP) is 5.28. The van der Waals surface area contributed by atoms with Crippen LogP contribution in [0.4, 0.5) is 14.5 Å². The van der Waals surface area contributed by atoms with Crippen LogP contribution in [0.5, 0.6) is 0 Å². The molecule has 0 aliphatic heterocycles. The Morgan fingerprint density at radius 2 is 1.60 bits per heavy atom. The van der Waals surface area contributed by atoms with E-state index in [0.717, 1.165) is 0 Å². The number of para-hydroxylation sites is 1. The summed E-state index contributed by atoms with van der Waals surface area (Å²) in [5.41, 5.74) is 2.18. The second-order valence-corrected chi connectivity index (χ2v) is 7.59. The van der Waals surface area contributed by atoms with E-state index in [1.165, 1.54) is 47.4 Å². The quantitative estimate of drug-likeness (QED) is 0.342. The first kappa shape index (κ1) is 23.5. The number of hydrogen-bond donors (Lipinski definition) is 0. The molecule has 1 heterocycles. The molecular weight excluding hydrogens is 452 g/mol. The van der Waals surface area contributed by atoms with E-state index >= 15 is 0 Å². The van der Waals surface area contributed by atoms with Crippen LogP contribution in [0, 0.1) is 23.0 Å². The van der Waals surface area contributed by atoms with Crippen LogP contribution < -0.4 is 4.90 Å². The molecule has 0 unspecified atom stereocenters. The van der Waals surface area contributed by atoms with Crippen LogP contribution in [-0.2, 0) is 9.53 Å². The number of nitriles is 1. The lowest BCUT2D eigenvalue weighted by atomic mass is 10.0. The van der Waals surface area contributed by atoms with Crippen molar-refractivity contribution in [3.8, 4) is 17.3 Å². The third-order valence-corrected chi connectivity index (χ3v) is 5.29. The molecule has 6 nitrogen and oxygen atoms in total. The Balaban J connectivity index is 1.59. The molecule has 1 aromatic heterocycles. The average molecular weight is 471 g/mol. The Labute approximate surface area is 200 Å². The molecule has 0 atom stereocenters. The molecule has 0 spiro atoms. The maximum Gasteiger partial charge on any atom is 0.339 e. The summed E-state index contributed by atoms with van der Waals surface area (Å²) in [7, 11) is 0. The summed E-state index contributed by atoms with van der Waals surface area (Å²) in [6, 6.07) is 21.4. The van der Waals surface area contributed by atoms with Gasteiger partial charge in [-0.05, 0) is 60.7 Å². The normalized spacial score (nSPS) is 10.5. The topological polar surface area (TPSA) is 83.3 Å². The largest absolute Gasteiger partial charge is 0.452 e. The minimum atomic E-state index is -0.736. The zero-order valence-corrected chi connectivity index (χ0v) is 18.4. The number of carbonyl (C=O) groups excluding carboxylic acids is 2. The van der Waals surface area contributed by atoms with Gasteiger partial charge in [0.2, 0.25) is 0 Å². The number of aromatic nitrogens is 1. The third-order valence-electron chi connectivity index (χ3n) is 5.29. The van der Waals surface area contributed by atoms with Gasteiger partial charge in [0.15, 0.2) is 6.61 Å². The molecule has 0 aliphatic rings. The Kier molecular flexibility index (Phi) is 7.07. The fourth-order valence-electron chi connectivity index (χ4n) is 3.58. The number of hydrogen-bond acceptors (Lipinski definition) is 5. The standard InChI is InChI=1S/C27H19F2N3O3/c28-19-8-6-18(7-9-19)25-16-23(22-4-1-2-5-24(22)31-25)27(34)35-17-26(33)32(15-3-14-30)21-12-10-20(29)11-13-21/h1-2,4-13,16H,3,15,17H2. The van der Waals surface area contributed by atoms with Crippen LogP contribution in [-0.4, -0.2) is 30.0 Å². The molecule has 3 aromatic carbocycles. The van der Waals surface area contributed by atoms with E-state index in [1.807, 2.05) is 6.07 Å². The van der Waals surface area contributed by atoms with Crippen LogP contribution in [0.3, 0.4) is 0 Å². The molecule has 0 saturated heterocycles. The minimum absolute atomic E-state index is 0.0487. The Morgan fingerprint density at radius 1 is 0.943 bits per heavy atom. The zero-order chi connectivity index (χ0) is 24.8. The highest BCUT2D eigenvalue weighted by Crippen LogP contribution is 2.26. The van der Waals surface area contributed by atoms with Gasteiger partial charge in [0.05, 0.1) is 29.3 Å². The molecule has 0 bridgehead atoms. The van der Waals surface area contributed by atoms with Crippen LogP contribution in [0.25, 0.3) is 22.2 Å². The fraction of sp³-hybridized carbons (Fsp3) is 0.111. The summed E-state index contributed by atoms with van der Waals surface area (Å²) in [6.07, 6.45) is 0.0487. The van der Waals surface area contributed by atoms with E-state index < -0.39 is 30.1 Å². The SMILES string of the molecule is N#CCCN(C(=O)COC(=O)c1cc(-c2ccc(F)cc2)nc2ccccc12)c1ccc(F)cc1. The van der Waals surface area contributed by atoms with Crippen molar-refractivity contribution in [2.75, 3.05) is 18.1 Å². The number of pyridine rings is 1. The van der Waals surface area contributed by atoms with Crippen LogP contribution in [0.15, 0.2) is 78.9 Å². The Hall–Kier alpha value is -4.64. The number of anilines is 1. The van der Waals surface area contributed by atoms with E-state index in [-0.39, 0.29) is 18.5 Å². The van der Waals surface area contributed by atoms with Crippen molar-refractivity contribution in [1.82, 2.24) is 4.98 Å². The Bertz CT molecular complexity index is 1410. The molecule has 8 heteroatoms. The molecular formula is C27H19F2N3O3. The van der Waals surface area contributed by atoms with Gasteiger partial charge in [0.1, 0.15) is 11.6 Å². The average Bonchev–Trinajstić information content (AvgIpc) is 2.88. The number of ether oxygens (including phenoxy) is 1. The first-order chi connectivity index (χ1) is 17.0. The highest BCUT2D eigenvalue weighted by molar-refractivity contribution is 6.05.